The number of aryl methyl sites for hydroxylation is 1. The lowest BCUT2D eigenvalue weighted by Gasteiger charge is -2.12. The first-order valence-corrected chi connectivity index (χ1v) is 10.1. The molecular weight excluding hydrogens is 350 g/mol. The molecule has 5 nitrogen and oxygen atoms in total. The van der Waals surface area contributed by atoms with Crippen LogP contribution in [-0.2, 0) is 26.2 Å². The zero-order chi connectivity index (χ0) is 19.0. The molecule has 0 aliphatic carbocycles. The number of nitrogens with one attached hydrogen (secondary N) is 1. The van der Waals surface area contributed by atoms with Crippen molar-refractivity contribution in [3.63, 3.8) is 0 Å². The lowest BCUT2D eigenvalue weighted by molar-refractivity contribution is -0.149. The van der Waals surface area contributed by atoms with Crippen molar-refractivity contribution in [2.75, 3.05) is 6.54 Å². The molecule has 2 aromatic rings. The predicted octanol–water partition coefficient (Wildman–Crippen LogP) is 3.43. The minimum absolute atomic E-state index is 0.249. The molecule has 1 atom stereocenters. The van der Waals surface area contributed by atoms with Crippen LogP contribution in [0.2, 0.25) is 0 Å². The van der Waals surface area contributed by atoms with Crippen LogP contribution in [0, 0.1) is 12.8 Å². The van der Waals surface area contributed by atoms with Gasteiger partial charge in [0.1, 0.15) is 6.61 Å². The second kappa shape index (κ2) is 9.50. The minimum atomic E-state index is -3.51. The van der Waals surface area contributed by atoms with Gasteiger partial charge in [-0.2, -0.15) is 0 Å². The van der Waals surface area contributed by atoms with E-state index < -0.39 is 10.0 Å². The van der Waals surface area contributed by atoms with Crippen LogP contribution in [0.25, 0.3) is 0 Å². The number of carbonyl (C=O) groups is 1. The number of esters is 1. The van der Waals surface area contributed by atoms with Crippen molar-refractivity contribution in [2.24, 2.45) is 5.92 Å². The monoisotopic (exact) mass is 375 g/mol. The fourth-order valence-corrected chi connectivity index (χ4v) is 3.48. The maximum absolute atomic E-state index is 12.2. The number of sulfonamides is 1. The maximum Gasteiger partial charge on any atom is 0.308 e. The largest absolute Gasteiger partial charge is 0.461 e. The van der Waals surface area contributed by atoms with Gasteiger partial charge in [0.05, 0.1) is 10.8 Å². The molecule has 0 saturated carbocycles. The molecule has 0 aromatic heterocycles. The molecule has 2 aromatic carbocycles. The van der Waals surface area contributed by atoms with E-state index in [2.05, 4.69) is 4.72 Å². The van der Waals surface area contributed by atoms with Crippen molar-refractivity contribution >= 4 is 16.0 Å². The molecule has 0 amide bonds. The SMILES string of the molecule is Cc1ccc(S(=O)(=O)NCCCC(C)C(=O)OCc2ccccc2)cc1. The quantitative estimate of drug-likeness (QED) is 0.538. The Labute approximate surface area is 155 Å². The van der Waals surface area contributed by atoms with Crippen LogP contribution >= 0.6 is 0 Å². The average Bonchev–Trinajstić information content (AvgIpc) is 2.64. The standard InChI is InChI=1S/C20H25NO4S/c1-16-10-12-19(13-11-16)26(23,24)21-14-6-7-17(2)20(22)25-15-18-8-4-3-5-9-18/h3-5,8-13,17,21H,6-7,14-15H2,1-2H3. The number of carbonyl (C=O) groups excluding carboxylic acids is 1. The van der Waals surface area contributed by atoms with Gasteiger partial charge >= 0.3 is 5.97 Å². The molecule has 0 aliphatic rings. The second-order valence-electron chi connectivity index (χ2n) is 6.35. The van der Waals surface area contributed by atoms with Crippen LogP contribution in [-0.4, -0.2) is 20.9 Å². The van der Waals surface area contributed by atoms with E-state index in [0.29, 0.717) is 12.8 Å². The third kappa shape index (κ3) is 6.28. The zero-order valence-electron chi connectivity index (χ0n) is 15.1. The van der Waals surface area contributed by atoms with E-state index in [1.165, 1.54) is 0 Å². The Morgan fingerprint density at radius 2 is 1.73 bits per heavy atom. The highest BCUT2D eigenvalue weighted by Crippen LogP contribution is 2.12. The van der Waals surface area contributed by atoms with Crippen LogP contribution in [0.3, 0.4) is 0 Å². The summed E-state index contributed by atoms with van der Waals surface area (Å²) in [5, 5.41) is 0. The highest BCUT2D eigenvalue weighted by molar-refractivity contribution is 7.89. The van der Waals surface area contributed by atoms with E-state index in [9.17, 15) is 13.2 Å². The predicted molar refractivity (Wildman–Crippen MR) is 101 cm³/mol. The van der Waals surface area contributed by atoms with Crippen molar-refractivity contribution in [3.8, 4) is 0 Å². The van der Waals surface area contributed by atoms with E-state index >= 15 is 0 Å². The van der Waals surface area contributed by atoms with Gasteiger partial charge in [-0.05, 0) is 37.5 Å². The first-order valence-electron chi connectivity index (χ1n) is 8.65. The van der Waals surface area contributed by atoms with Crippen molar-refractivity contribution in [1.82, 2.24) is 4.72 Å². The van der Waals surface area contributed by atoms with Crippen molar-refractivity contribution < 1.29 is 17.9 Å². The van der Waals surface area contributed by atoms with Gasteiger partial charge in [0.25, 0.3) is 0 Å². The Hall–Kier alpha value is -2.18. The summed E-state index contributed by atoms with van der Waals surface area (Å²) in [5.41, 5.74) is 1.95. The molecule has 0 heterocycles. The van der Waals surface area contributed by atoms with Crippen LogP contribution in [0.1, 0.15) is 30.9 Å². The Morgan fingerprint density at radius 3 is 2.38 bits per heavy atom. The Balaban J connectivity index is 1.71. The van der Waals surface area contributed by atoms with Gasteiger partial charge in [-0.25, -0.2) is 13.1 Å². The van der Waals surface area contributed by atoms with Crippen LogP contribution in [0.15, 0.2) is 59.5 Å². The number of hydrogen-bond acceptors (Lipinski definition) is 4. The molecule has 1 N–H and O–H groups in total. The summed E-state index contributed by atoms with van der Waals surface area (Å²) in [7, 11) is -3.51. The Kier molecular flexibility index (Phi) is 7.36. The van der Waals surface area contributed by atoms with E-state index in [-0.39, 0.29) is 29.9 Å². The third-order valence-corrected chi connectivity index (χ3v) is 5.54. The molecule has 2 rings (SSSR count). The molecule has 140 valence electrons. The molecule has 26 heavy (non-hydrogen) atoms. The number of hydrogen-bond donors (Lipinski definition) is 1. The van der Waals surface area contributed by atoms with Gasteiger partial charge in [-0.3, -0.25) is 4.79 Å². The molecule has 0 radical (unpaired) electrons. The van der Waals surface area contributed by atoms with Crippen LogP contribution in [0.4, 0.5) is 0 Å². The molecule has 6 heteroatoms. The summed E-state index contributed by atoms with van der Waals surface area (Å²) in [5.74, 6) is -0.544. The van der Waals surface area contributed by atoms with E-state index in [4.69, 9.17) is 4.74 Å². The minimum Gasteiger partial charge on any atom is -0.461 e. The fourth-order valence-electron chi connectivity index (χ4n) is 2.40. The third-order valence-electron chi connectivity index (χ3n) is 4.06. The number of benzene rings is 2. The van der Waals surface area contributed by atoms with Gasteiger partial charge in [0.15, 0.2) is 0 Å². The summed E-state index contributed by atoms with van der Waals surface area (Å²) < 4.78 is 32.2. The summed E-state index contributed by atoms with van der Waals surface area (Å²) >= 11 is 0. The highest BCUT2D eigenvalue weighted by Gasteiger charge is 2.16. The number of ether oxygens (including phenoxy) is 1. The summed E-state index contributed by atoms with van der Waals surface area (Å²) in [4.78, 5) is 12.2. The molecule has 0 spiro atoms. The average molecular weight is 375 g/mol. The van der Waals surface area contributed by atoms with Crippen LogP contribution in [0.5, 0.6) is 0 Å². The summed E-state index contributed by atoms with van der Waals surface area (Å²) in [6.45, 7) is 4.24. The van der Waals surface area contributed by atoms with Gasteiger partial charge in [0.2, 0.25) is 10.0 Å². The van der Waals surface area contributed by atoms with Gasteiger partial charge < -0.3 is 4.74 Å². The van der Waals surface area contributed by atoms with Crippen molar-refractivity contribution in [3.05, 3.63) is 65.7 Å². The fraction of sp³-hybridized carbons (Fsp3) is 0.350. The molecule has 0 fully saturated rings. The summed E-state index contributed by atoms with van der Waals surface area (Å²) in [6, 6.07) is 16.2. The van der Waals surface area contributed by atoms with E-state index in [1.54, 1.807) is 31.2 Å². The van der Waals surface area contributed by atoms with Crippen LogP contribution < -0.4 is 4.72 Å². The normalized spacial score (nSPS) is 12.5. The van der Waals surface area contributed by atoms with Gasteiger partial charge in [0, 0.05) is 6.54 Å². The highest BCUT2D eigenvalue weighted by atomic mass is 32.2. The van der Waals surface area contributed by atoms with Crippen molar-refractivity contribution in [2.45, 2.75) is 38.2 Å². The molecule has 0 saturated heterocycles. The maximum atomic E-state index is 12.2. The van der Waals surface area contributed by atoms with E-state index in [0.717, 1.165) is 11.1 Å². The molecule has 0 aliphatic heterocycles. The first kappa shape index (κ1) is 20.1. The van der Waals surface area contributed by atoms with Crippen molar-refractivity contribution in [1.29, 1.82) is 0 Å². The second-order valence-corrected chi connectivity index (χ2v) is 8.11. The lowest BCUT2D eigenvalue weighted by Crippen LogP contribution is -2.25. The number of rotatable bonds is 9. The lowest BCUT2D eigenvalue weighted by atomic mass is 10.1. The zero-order valence-corrected chi connectivity index (χ0v) is 16.0. The molecular formula is C20H25NO4S. The Bertz CT molecular complexity index is 801. The topological polar surface area (TPSA) is 72.5 Å². The Morgan fingerprint density at radius 1 is 1.08 bits per heavy atom. The summed E-state index contributed by atoms with van der Waals surface area (Å²) in [6.07, 6.45) is 1.12. The van der Waals surface area contributed by atoms with E-state index in [1.807, 2.05) is 37.3 Å². The molecule has 0 bridgehead atoms. The first-order chi connectivity index (χ1) is 12.4. The molecule has 1 unspecified atom stereocenters. The van der Waals surface area contributed by atoms with Gasteiger partial charge in [-0.15, -0.1) is 0 Å². The smallest absolute Gasteiger partial charge is 0.308 e. The van der Waals surface area contributed by atoms with Gasteiger partial charge in [-0.1, -0.05) is 55.0 Å².